The Morgan fingerprint density at radius 2 is 1.45 bits per heavy atom. The fourth-order valence-corrected chi connectivity index (χ4v) is 4.56. The number of carbonyl (C=O) groups excluding carboxylic acids is 1. The van der Waals surface area contributed by atoms with Gasteiger partial charge >= 0.3 is 0 Å². The molecule has 7 nitrogen and oxygen atoms in total. The van der Waals surface area contributed by atoms with Gasteiger partial charge in [-0.05, 0) is 66.6 Å². The van der Waals surface area contributed by atoms with Crippen LogP contribution >= 0.6 is 0 Å². The Kier molecular flexibility index (Phi) is 7.68. The first-order valence-corrected chi connectivity index (χ1v) is 12.7. The highest BCUT2D eigenvalue weighted by atomic mass is 19.1. The minimum atomic E-state index is -0.595. The van der Waals surface area contributed by atoms with Gasteiger partial charge in [-0.2, -0.15) is 5.10 Å². The number of methoxy groups -OCH3 is 1. The fraction of sp³-hybridized carbons (Fsp3) is 0.0938. The van der Waals surface area contributed by atoms with Crippen molar-refractivity contribution in [3.63, 3.8) is 0 Å². The third-order valence-corrected chi connectivity index (χ3v) is 6.58. The number of hydrazone groups is 1. The van der Waals surface area contributed by atoms with Crippen molar-refractivity contribution in [1.82, 2.24) is 15.2 Å². The molecule has 0 bridgehead atoms. The van der Waals surface area contributed by atoms with E-state index in [1.807, 2.05) is 72.8 Å². The largest absolute Gasteiger partial charge is 0.497 e. The molecule has 1 heterocycles. The van der Waals surface area contributed by atoms with Crippen LogP contribution in [0.4, 0.5) is 4.39 Å². The summed E-state index contributed by atoms with van der Waals surface area (Å²) in [6.07, 6.45) is 0. The molecule has 0 aliphatic carbocycles. The van der Waals surface area contributed by atoms with Crippen LogP contribution in [0.3, 0.4) is 0 Å². The summed E-state index contributed by atoms with van der Waals surface area (Å²) in [6.45, 7) is 1.66. The second kappa shape index (κ2) is 11.7. The smallest absolute Gasteiger partial charge is 0.281 e. The van der Waals surface area contributed by atoms with Gasteiger partial charge < -0.3 is 4.74 Å². The Morgan fingerprint density at radius 3 is 2.00 bits per heavy atom. The molecule has 5 aromatic rings. The molecule has 0 fully saturated rings. The highest BCUT2D eigenvalue weighted by Crippen LogP contribution is 2.26. The van der Waals surface area contributed by atoms with Crippen LogP contribution in [0.1, 0.15) is 29.5 Å². The third kappa shape index (κ3) is 5.47. The molecule has 0 atom stereocenters. The lowest BCUT2D eigenvalue weighted by Crippen LogP contribution is -2.28. The number of hydrogen-bond acceptors (Lipinski definition) is 4. The predicted molar refractivity (Wildman–Crippen MR) is 153 cm³/mol. The minimum Gasteiger partial charge on any atom is -0.497 e. The summed E-state index contributed by atoms with van der Waals surface area (Å²) in [5.74, 6) is -0.679. The molecule has 5 rings (SSSR count). The maximum absolute atomic E-state index is 13.7. The molecule has 1 amide bonds. The molecular weight excluding hydrogens is 507 g/mol. The summed E-state index contributed by atoms with van der Waals surface area (Å²) < 4.78 is 20.2. The summed E-state index contributed by atoms with van der Waals surface area (Å²) in [5.41, 5.74) is 6.16. The van der Waals surface area contributed by atoms with E-state index in [0.29, 0.717) is 28.4 Å². The molecule has 0 saturated heterocycles. The minimum absolute atomic E-state index is 0.269. The number of carbonyl (C=O) groups is 1. The molecule has 0 aliphatic rings. The van der Waals surface area contributed by atoms with Gasteiger partial charge in [0.1, 0.15) is 11.6 Å². The molecule has 200 valence electrons. The van der Waals surface area contributed by atoms with Crippen LogP contribution in [0.15, 0.2) is 119 Å². The summed E-state index contributed by atoms with van der Waals surface area (Å²) in [6, 6.07) is 31.7. The monoisotopic (exact) mass is 534 g/mol. The molecule has 8 heteroatoms. The summed E-state index contributed by atoms with van der Waals surface area (Å²) in [4.78, 5) is 27.1. The number of benzene rings is 4. The number of nitrogens with one attached hydrogen (secondary N) is 2. The average Bonchev–Trinajstić information content (AvgIpc) is 3.34. The molecule has 4 aromatic carbocycles. The number of aromatic amines is 1. The average molecular weight is 535 g/mol. The molecular formula is C32H27FN4O3. The van der Waals surface area contributed by atoms with Crippen LogP contribution in [0, 0.1) is 5.82 Å². The van der Waals surface area contributed by atoms with Crippen LogP contribution in [0.5, 0.6) is 5.75 Å². The van der Waals surface area contributed by atoms with Crippen LogP contribution in [-0.2, 0) is 4.79 Å². The van der Waals surface area contributed by atoms with E-state index in [2.05, 4.69) is 15.6 Å². The Balaban J connectivity index is 1.54. The van der Waals surface area contributed by atoms with Gasteiger partial charge in [0.25, 0.3) is 11.5 Å². The van der Waals surface area contributed by atoms with Crippen molar-refractivity contribution in [3.8, 4) is 22.7 Å². The van der Waals surface area contributed by atoms with Crippen LogP contribution in [-0.4, -0.2) is 28.5 Å². The summed E-state index contributed by atoms with van der Waals surface area (Å²) in [5, 5.41) is 7.50. The van der Waals surface area contributed by atoms with E-state index in [4.69, 9.17) is 4.74 Å². The van der Waals surface area contributed by atoms with Gasteiger partial charge in [-0.25, -0.2) is 14.5 Å². The van der Waals surface area contributed by atoms with E-state index >= 15 is 0 Å². The number of halogens is 1. The molecule has 0 spiro atoms. The van der Waals surface area contributed by atoms with Gasteiger partial charge in [-0.3, -0.25) is 14.7 Å². The molecule has 2 N–H and O–H groups in total. The van der Waals surface area contributed by atoms with E-state index in [-0.39, 0.29) is 11.5 Å². The first-order chi connectivity index (χ1) is 19.5. The number of aromatic nitrogens is 2. The number of hydrogen-bond donors (Lipinski definition) is 2. The lowest BCUT2D eigenvalue weighted by molar-refractivity contribution is -0.121. The Morgan fingerprint density at radius 1 is 0.875 bits per heavy atom. The van der Waals surface area contributed by atoms with Gasteiger partial charge in [0.05, 0.1) is 35.7 Å². The van der Waals surface area contributed by atoms with Crippen LogP contribution < -0.4 is 15.7 Å². The van der Waals surface area contributed by atoms with E-state index in [1.54, 1.807) is 26.2 Å². The fourth-order valence-electron chi connectivity index (χ4n) is 4.56. The number of amides is 1. The Hall–Kier alpha value is -5.24. The zero-order valence-electron chi connectivity index (χ0n) is 22.0. The van der Waals surface area contributed by atoms with Gasteiger partial charge in [0.15, 0.2) is 0 Å². The SMILES string of the molecule is COc1ccc(-c2[nH]n(-c3ccc(F)cc3)c(=O)c2C(C)=NNC(=O)C(c2ccccc2)c2ccccc2)cc1. The van der Waals surface area contributed by atoms with Crippen molar-refractivity contribution in [2.24, 2.45) is 5.10 Å². The van der Waals surface area contributed by atoms with Crippen molar-refractivity contribution in [3.05, 3.63) is 142 Å². The zero-order chi connectivity index (χ0) is 28.1. The molecule has 0 unspecified atom stereocenters. The lowest BCUT2D eigenvalue weighted by atomic mass is 9.91. The van der Waals surface area contributed by atoms with Gasteiger partial charge in [-0.15, -0.1) is 0 Å². The van der Waals surface area contributed by atoms with Gasteiger partial charge in [0.2, 0.25) is 0 Å². The van der Waals surface area contributed by atoms with E-state index in [9.17, 15) is 14.0 Å². The standard InChI is InChI=1S/C32H27FN4O3/c1-21(34-35-31(38)29(22-9-5-3-6-10-22)23-11-7-4-8-12-23)28-30(24-13-19-27(40-2)20-14-24)36-37(32(28)39)26-17-15-25(33)16-18-26/h3-20,29,36H,1-2H3,(H,35,38). The maximum atomic E-state index is 13.7. The first kappa shape index (κ1) is 26.4. The van der Waals surface area contributed by atoms with Crippen molar-refractivity contribution >= 4 is 11.6 Å². The summed E-state index contributed by atoms with van der Waals surface area (Å²) >= 11 is 0. The van der Waals surface area contributed by atoms with Crippen molar-refractivity contribution < 1.29 is 13.9 Å². The number of ether oxygens (including phenoxy) is 1. The van der Waals surface area contributed by atoms with Crippen molar-refractivity contribution in [2.75, 3.05) is 7.11 Å². The van der Waals surface area contributed by atoms with Gasteiger partial charge in [-0.1, -0.05) is 60.7 Å². The Bertz CT molecular complexity index is 1650. The lowest BCUT2D eigenvalue weighted by Gasteiger charge is -2.16. The van der Waals surface area contributed by atoms with Crippen LogP contribution in [0.2, 0.25) is 0 Å². The number of H-pyrrole nitrogens is 1. The molecule has 0 aliphatic heterocycles. The quantitative estimate of drug-likeness (QED) is 0.199. The second-order valence-electron chi connectivity index (χ2n) is 9.13. The first-order valence-electron chi connectivity index (χ1n) is 12.7. The normalized spacial score (nSPS) is 11.4. The Labute approximate surface area is 230 Å². The topological polar surface area (TPSA) is 88.5 Å². The molecule has 1 aromatic heterocycles. The van der Waals surface area contributed by atoms with E-state index in [0.717, 1.165) is 11.1 Å². The van der Waals surface area contributed by atoms with Crippen molar-refractivity contribution in [2.45, 2.75) is 12.8 Å². The van der Waals surface area contributed by atoms with Gasteiger partial charge in [0, 0.05) is 5.56 Å². The van der Waals surface area contributed by atoms with E-state index < -0.39 is 17.3 Å². The van der Waals surface area contributed by atoms with Crippen molar-refractivity contribution in [1.29, 1.82) is 0 Å². The molecule has 0 saturated carbocycles. The van der Waals surface area contributed by atoms with E-state index in [1.165, 1.54) is 28.9 Å². The number of rotatable bonds is 8. The second-order valence-corrected chi connectivity index (χ2v) is 9.13. The zero-order valence-corrected chi connectivity index (χ0v) is 22.0. The highest BCUT2D eigenvalue weighted by Gasteiger charge is 2.24. The maximum Gasteiger partial charge on any atom is 0.281 e. The third-order valence-electron chi connectivity index (χ3n) is 6.58. The predicted octanol–water partition coefficient (Wildman–Crippen LogP) is 5.65. The molecule has 0 radical (unpaired) electrons. The van der Waals surface area contributed by atoms with Crippen LogP contribution in [0.25, 0.3) is 16.9 Å². The summed E-state index contributed by atoms with van der Waals surface area (Å²) in [7, 11) is 1.57. The number of nitrogens with zero attached hydrogens (tertiary/aromatic N) is 2. The highest BCUT2D eigenvalue weighted by molar-refractivity contribution is 6.04. The molecule has 40 heavy (non-hydrogen) atoms.